The van der Waals surface area contributed by atoms with Crippen LogP contribution in [0.5, 0.6) is 0 Å². The normalized spacial score (nSPS) is 10.4. The topological polar surface area (TPSA) is 43.8 Å². The minimum atomic E-state index is 0.748. The second kappa shape index (κ2) is 4.41. The van der Waals surface area contributed by atoms with E-state index in [2.05, 4.69) is 16.5 Å². The second-order valence-electron chi connectivity index (χ2n) is 2.33. The minimum Gasteiger partial charge on any atom is -0.330 e. The number of nitrogens with two attached hydrogens (primary N) is 1. The Labute approximate surface area is 71.0 Å². The zero-order valence-corrected chi connectivity index (χ0v) is 7.47. The van der Waals surface area contributed by atoms with Crippen LogP contribution in [-0.2, 0) is 5.88 Å². The van der Waals surface area contributed by atoms with Crippen molar-refractivity contribution >= 4 is 11.8 Å². The smallest absolute Gasteiger partial charge is 0.0955 e. The maximum Gasteiger partial charge on any atom is 0.0955 e. The lowest BCUT2D eigenvalue weighted by molar-refractivity contribution is 0.851. The number of hydrogen-bond acceptors (Lipinski definition) is 3. The molecular weight excluding hydrogens is 158 g/mol. The van der Waals surface area contributed by atoms with E-state index < -0.39 is 0 Å². The van der Waals surface area contributed by atoms with Crippen LogP contribution in [0.1, 0.15) is 5.69 Å². The predicted octanol–water partition coefficient (Wildman–Crippen LogP) is 0.841. The van der Waals surface area contributed by atoms with E-state index in [0.29, 0.717) is 0 Å². The zero-order chi connectivity index (χ0) is 8.10. The summed E-state index contributed by atoms with van der Waals surface area (Å²) in [6.45, 7) is 2.80. The molecule has 1 aromatic heterocycles. The van der Waals surface area contributed by atoms with Crippen LogP contribution in [0.4, 0.5) is 0 Å². The van der Waals surface area contributed by atoms with Crippen LogP contribution >= 0.6 is 11.8 Å². The standard InChI is InChI=1S/C7H13N3S/c1-7-4-9-5-10(7)6-11-3-2-8/h4-5H,2-3,6,8H2,1H3. The van der Waals surface area contributed by atoms with Gasteiger partial charge in [-0.15, -0.1) is 11.8 Å². The predicted molar refractivity (Wildman–Crippen MR) is 48.5 cm³/mol. The number of rotatable bonds is 4. The molecule has 0 unspecified atom stereocenters. The van der Waals surface area contributed by atoms with Gasteiger partial charge in [0.2, 0.25) is 0 Å². The molecule has 62 valence electrons. The van der Waals surface area contributed by atoms with Gasteiger partial charge in [0.25, 0.3) is 0 Å². The van der Waals surface area contributed by atoms with E-state index in [1.54, 1.807) is 0 Å². The second-order valence-corrected chi connectivity index (χ2v) is 3.41. The van der Waals surface area contributed by atoms with Gasteiger partial charge in [0.15, 0.2) is 0 Å². The van der Waals surface area contributed by atoms with Crippen molar-refractivity contribution < 1.29 is 0 Å². The van der Waals surface area contributed by atoms with Crippen molar-refractivity contribution in [3.63, 3.8) is 0 Å². The van der Waals surface area contributed by atoms with E-state index in [4.69, 9.17) is 5.73 Å². The molecule has 4 heteroatoms. The third-order valence-electron chi connectivity index (χ3n) is 1.41. The Morgan fingerprint density at radius 1 is 1.73 bits per heavy atom. The molecule has 1 rings (SSSR count). The van der Waals surface area contributed by atoms with Gasteiger partial charge in [0, 0.05) is 24.2 Å². The first-order valence-electron chi connectivity index (χ1n) is 3.59. The highest BCUT2D eigenvalue weighted by atomic mass is 32.2. The summed E-state index contributed by atoms with van der Waals surface area (Å²) in [7, 11) is 0. The summed E-state index contributed by atoms with van der Waals surface area (Å²) in [5.74, 6) is 1.97. The first-order valence-corrected chi connectivity index (χ1v) is 4.74. The van der Waals surface area contributed by atoms with Crippen molar-refractivity contribution in [3.8, 4) is 0 Å². The lowest BCUT2D eigenvalue weighted by atomic mass is 10.5. The number of aromatic nitrogens is 2. The van der Waals surface area contributed by atoms with E-state index >= 15 is 0 Å². The summed E-state index contributed by atoms with van der Waals surface area (Å²) in [4.78, 5) is 4.02. The van der Waals surface area contributed by atoms with Crippen LogP contribution in [-0.4, -0.2) is 21.8 Å². The first-order chi connectivity index (χ1) is 5.34. The Morgan fingerprint density at radius 3 is 3.09 bits per heavy atom. The number of hydrogen-bond donors (Lipinski definition) is 1. The molecule has 0 aliphatic rings. The zero-order valence-electron chi connectivity index (χ0n) is 6.66. The molecule has 0 aromatic carbocycles. The molecule has 0 aliphatic carbocycles. The van der Waals surface area contributed by atoms with Crippen molar-refractivity contribution in [2.24, 2.45) is 5.73 Å². The highest BCUT2D eigenvalue weighted by Crippen LogP contribution is 2.05. The molecule has 0 radical (unpaired) electrons. The van der Waals surface area contributed by atoms with Gasteiger partial charge in [-0.25, -0.2) is 4.98 Å². The lowest BCUT2D eigenvalue weighted by Crippen LogP contribution is -2.03. The van der Waals surface area contributed by atoms with Gasteiger partial charge >= 0.3 is 0 Å². The Balaban J connectivity index is 2.32. The van der Waals surface area contributed by atoms with Gasteiger partial charge in [0.05, 0.1) is 12.2 Å². The molecule has 0 aliphatic heterocycles. The minimum absolute atomic E-state index is 0.748. The van der Waals surface area contributed by atoms with Crippen LogP contribution < -0.4 is 5.73 Å². The van der Waals surface area contributed by atoms with E-state index in [1.807, 2.05) is 24.3 Å². The fraction of sp³-hybridized carbons (Fsp3) is 0.571. The summed E-state index contributed by atoms with van der Waals surface area (Å²) in [5.41, 5.74) is 6.56. The largest absolute Gasteiger partial charge is 0.330 e. The molecule has 3 nitrogen and oxygen atoms in total. The van der Waals surface area contributed by atoms with Crippen molar-refractivity contribution in [1.82, 2.24) is 9.55 Å². The Kier molecular flexibility index (Phi) is 3.45. The van der Waals surface area contributed by atoms with Crippen LogP contribution in [0.15, 0.2) is 12.5 Å². The van der Waals surface area contributed by atoms with Crippen LogP contribution in [0.3, 0.4) is 0 Å². The summed E-state index contributed by atoms with van der Waals surface area (Å²) < 4.78 is 2.11. The maximum absolute atomic E-state index is 5.36. The number of imidazole rings is 1. The Morgan fingerprint density at radius 2 is 2.55 bits per heavy atom. The summed E-state index contributed by atoms with van der Waals surface area (Å²) in [6.07, 6.45) is 3.71. The number of nitrogens with zero attached hydrogens (tertiary/aromatic N) is 2. The van der Waals surface area contributed by atoms with E-state index in [1.165, 1.54) is 5.69 Å². The molecule has 2 N–H and O–H groups in total. The molecule has 0 bridgehead atoms. The highest BCUT2D eigenvalue weighted by Gasteiger charge is 1.94. The average molecular weight is 171 g/mol. The van der Waals surface area contributed by atoms with Gasteiger partial charge in [-0.1, -0.05) is 0 Å². The van der Waals surface area contributed by atoms with E-state index in [9.17, 15) is 0 Å². The number of aryl methyl sites for hydroxylation is 1. The average Bonchev–Trinajstić information content (AvgIpc) is 2.37. The molecule has 11 heavy (non-hydrogen) atoms. The molecule has 0 atom stereocenters. The van der Waals surface area contributed by atoms with Crippen molar-refractivity contribution in [2.75, 3.05) is 12.3 Å². The quantitative estimate of drug-likeness (QED) is 0.683. The molecule has 0 saturated heterocycles. The van der Waals surface area contributed by atoms with Gasteiger partial charge in [-0.3, -0.25) is 0 Å². The van der Waals surface area contributed by atoms with E-state index in [0.717, 1.165) is 18.2 Å². The molecule has 0 fully saturated rings. The van der Waals surface area contributed by atoms with Gasteiger partial charge in [-0.05, 0) is 6.92 Å². The SMILES string of the molecule is Cc1cncn1CSCCN. The molecule has 1 aromatic rings. The lowest BCUT2D eigenvalue weighted by Gasteiger charge is -2.02. The third-order valence-corrected chi connectivity index (χ3v) is 2.40. The van der Waals surface area contributed by atoms with Crippen LogP contribution in [0, 0.1) is 6.92 Å². The third kappa shape index (κ3) is 2.55. The summed E-state index contributed by atoms with van der Waals surface area (Å²) in [6, 6.07) is 0. The summed E-state index contributed by atoms with van der Waals surface area (Å²) in [5, 5.41) is 0. The Hall–Kier alpha value is -0.480. The fourth-order valence-electron chi connectivity index (χ4n) is 0.768. The van der Waals surface area contributed by atoms with Gasteiger partial charge in [0.1, 0.15) is 0 Å². The van der Waals surface area contributed by atoms with Gasteiger partial charge in [-0.2, -0.15) is 0 Å². The molecule has 1 heterocycles. The number of thioether (sulfide) groups is 1. The highest BCUT2D eigenvalue weighted by molar-refractivity contribution is 7.98. The molecule has 0 amide bonds. The van der Waals surface area contributed by atoms with Crippen molar-refractivity contribution in [2.45, 2.75) is 12.8 Å². The fourth-order valence-corrected chi connectivity index (χ4v) is 1.53. The Bertz CT molecular complexity index is 209. The maximum atomic E-state index is 5.36. The van der Waals surface area contributed by atoms with Crippen molar-refractivity contribution in [1.29, 1.82) is 0 Å². The van der Waals surface area contributed by atoms with Crippen molar-refractivity contribution in [3.05, 3.63) is 18.2 Å². The van der Waals surface area contributed by atoms with Gasteiger partial charge < -0.3 is 10.3 Å². The first kappa shape index (κ1) is 8.62. The molecule has 0 saturated carbocycles. The monoisotopic (exact) mass is 171 g/mol. The van der Waals surface area contributed by atoms with E-state index in [-0.39, 0.29) is 0 Å². The molecular formula is C7H13N3S. The van der Waals surface area contributed by atoms with Crippen LogP contribution in [0.25, 0.3) is 0 Å². The van der Waals surface area contributed by atoms with Crippen LogP contribution in [0.2, 0.25) is 0 Å². The summed E-state index contributed by atoms with van der Waals surface area (Å²) >= 11 is 1.82. The molecule has 0 spiro atoms.